The van der Waals surface area contributed by atoms with E-state index in [0.717, 1.165) is 12.8 Å². The first-order valence-electron chi connectivity index (χ1n) is 4.91. The maximum atomic E-state index is 11.7. The molecule has 0 saturated heterocycles. The molecule has 1 aliphatic carbocycles. The van der Waals surface area contributed by atoms with Gasteiger partial charge in [0.25, 0.3) is 10.0 Å². The second-order valence-electron chi connectivity index (χ2n) is 3.81. The summed E-state index contributed by atoms with van der Waals surface area (Å²) >= 11 is 0. The van der Waals surface area contributed by atoms with Crippen molar-refractivity contribution >= 4 is 21.6 Å². The molecule has 6 heteroatoms. The number of anilines is 1. The summed E-state index contributed by atoms with van der Waals surface area (Å²) in [7, 11) is -3.74. The minimum Gasteiger partial charge on any atom is -0.399 e. The summed E-state index contributed by atoms with van der Waals surface area (Å²) < 4.78 is 25.5. The zero-order chi connectivity index (χ0) is 11.8. The molecule has 0 spiro atoms. The predicted octanol–water partition coefficient (Wildman–Crippen LogP) is 0.484. The van der Waals surface area contributed by atoms with Crippen molar-refractivity contribution in [3.8, 4) is 0 Å². The fraction of sp³-hybridized carbons (Fsp3) is 0.300. The van der Waals surface area contributed by atoms with E-state index in [-0.39, 0.29) is 10.8 Å². The minimum atomic E-state index is -3.74. The number of hydrogen-bond acceptors (Lipinski definition) is 4. The Kier molecular flexibility index (Phi) is 2.59. The number of sulfonamides is 1. The number of hydrogen-bond donors (Lipinski definition) is 2. The monoisotopic (exact) mass is 240 g/mol. The van der Waals surface area contributed by atoms with Gasteiger partial charge in [-0.15, -0.1) is 0 Å². The highest BCUT2D eigenvalue weighted by Crippen LogP contribution is 2.29. The quantitative estimate of drug-likeness (QED) is 0.752. The minimum absolute atomic E-state index is 0.0516. The van der Waals surface area contributed by atoms with E-state index in [1.54, 1.807) is 0 Å². The van der Waals surface area contributed by atoms with Gasteiger partial charge in [0.2, 0.25) is 5.91 Å². The standard InChI is InChI=1S/C10H12N2O3S/c11-8-3-5-9(6-4-8)16(14,15)12-10(13)7-1-2-7/h3-7H,1-2,11H2,(H,12,13). The lowest BCUT2D eigenvalue weighted by Gasteiger charge is -2.06. The van der Waals surface area contributed by atoms with Crippen LogP contribution in [0.5, 0.6) is 0 Å². The van der Waals surface area contributed by atoms with Gasteiger partial charge in [0.1, 0.15) is 0 Å². The highest BCUT2D eigenvalue weighted by Gasteiger charge is 2.32. The SMILES string of the molecule is Nc1ccc(S(=O)(=O)NC(=O)C2CC2)cc1. The normalized spacial score (nSPS) is 15.8. The van der Waals surface area contributed by atoms with Gasteiger partial charge in [-0.1, -0.05) is 0 Å². The Labute approximate surface area is 93.7 Å². The van der Waals surface area contributed by atoms with Gasteiger partial charge >= 0.3 is 0 Å². The molecule has 0 atom stereocenters. The number of rotatable bonds is 3. The third-order valence-corrected chi connectivity index (χ3v) is 3.74. The van der Waals surface area contributed by atoms with Gasteiger partial charge < -0.3 is 5.73 Å². The Morgan fingerprint density at radius 1 is 1.25 bits per heavy atom. The van der Waals surface area contributed by atoms with Gasteiger partial charge in [-0.2, -0.15) is 0 Å². The molecule has 86 valence electrons. The molecule has 0 unspecified atom stereocenters. The van der Waals surface area contributed by atoms with Gasteiger partial charge in [-0.25, -0.2) is 13.1 Å². The average molecular weight is 240 g/mol. The molecule has 1 fully saturated rings. The summed E-state index contributed by atoms with van der Waals surface area (Å²) in [5, 5.41) is 0. The molecule has 2 rings (SSSR count). The summed E-state index contributed by atoms with van der Waals surface area (Å²) in [6.07, 6.45) is 1.53. The lowest BCUT2D eigenvalue weighted by molar-refractivity contribution is -0.120. The van der Waals surface area contributed by atoms with Crippen LogP contribution >= 0.6 is 0 Å². The number of nitrogens with two attached hydrogens (primary N) is 1. The van der Waals surface area contributed by atoms with Crippen LogP contribution in [0, 0.1) is 5.92 Å². The molecule has 5 nitrogen and oxygen atoms in total. The number of amides is 1. The summed E-state index contributed by atoms with van der Waals surface area (Å²) in [5.74, 6) is -0.555. The van der Waals surface area contributed by atoms with Crippen LogP contribution in [-0.2, 0) is 14.8 Å². The van der Waals surface area contributed by atoms with Gasteiger partial charge in [0, 0.05) is 11.6 Å². The molecule has 0 aliphatic heterocycles. The molecule has 16 heavy (non-hydrogen) atoms. The van der Waals surface area contributed by atoms with Crippen molar-refractivity contribution in [3.05, 3.63) is 24.3 Å². The van der Waals surface area contributed by atoms with Crippen molar-refractivity contribution in [2.24, 2.45) is 5.92 Å². The van der Waals surface area contributed by atoms with Gasteiger partial charge in [0.05, 0.1) is 4.90 Å². The summed E-state index contributed by atoms with van der Waals surface area (Å²) in [6, 6.07) is 5.71. The average Bonchev–Trinajstić information content (AvgIpc) is 3.00. The van der Waals surface area contributed by atoms with Crippen molar-refractivity contribution in [1.29, 1.82) is 0 Å². The summed E-state index contributed by atoms with van der Waals surface area (Å²) in [5.41, 5.74) is 5.93. The van der Waals surface area contributed by atoms with E-state index in [0.29, 0.717) is 5.69 Å². The third-order valence-electron chi connectivity index (χ3n) is 2.37. The molecule has 0 aromatic heterocycles. The Morgan fingerprint density at radius 2 is 1.81 bits per heavy atom. The maximum absolute atomic E-state index is 11.7. The third kappa shape index (κ3) is 2.33. The Morgan fingerprint density at radius 3 is 2.31 bits per heavy atom. The second kappa shape index (κ2) is 3.79. The van der Waals surface area contributed by atoms with Crippen LogP contribution in [0.4, 0.5) is 5.69 Å². The highest BCUT2D eigenvalue weighted by molar-refractivity contribution is 7.90. The lowest BCUT2D eigenvalue weighted by Crippen LogP contribution is -2.31. The number of carbonyl (C=O) groups excluding carboxylic acids is 1. The van der Waals surface area contributed by atoms with E-state index >= 15 is 0 Å². The molecule has 1 amide bonds. The molecule has 1 aliphatic rings. The molecular formula is C10H12N2O3S. The second-order valence-corrected chi connectivity index (χ2v) is 5.50. The van der Waals surface area contributed by atoms with Crippen molar-refractivity contribution in [1.82, 2.24) is 4.72 Å². The van der Waals surface area contributed by atoms with Gasteiger partial charge in [0.15, 0.2) is 0 Å². The van der Waals surface area contributed by atoms with Crippen molar-refractivity contribution in [2.45, 2.75) is 17.7 Å². The first kappa shape index (κ1) is 10.9. The van der Waals surface area contributed by atoms with Gasteiger partial charge in [-0.05, 0) is 37.1 Å². The Hall–Kier alpha value is -1.56. The number of nitrogens with one attached hydrogen (secondary N) is 1. The van der Waals surface area contributed by atoms with E-state index in [1.807, 2.05) is 4.72 Å². The smallest absolute Gasteiger partial charge is 0.264 e. The molecule has 1 saturated carbocycles. The van der Waals surface area contributed by atoms with Gasteiger partial charge in [-0.3, -0.25) is 4.79 Å². The first-order valence-corrected chi connectivity index (χ1v) is 6.39. The fourth-order valence-electron chi connectivity index (χ4n) is 1.27. The Balaban J connectivity index is 2.17. The molecule has 0 radical (unpaired) electrons. The molecule has 1 aromatic rings. The van der Waals surface area contributed by atoms with E-state index in [4.69, 9.17) is 5.73 Å². The zero-order valence-corrected chi connectivity index (χ0v) is 9.33. The largest absolute Gasteiger partial charge is 0.399 e. The number of carbonyl (C=O) groups is 1. The van der Waals surface area contributed by atoms with Crippen molar-refractivity contribution in [3.63, 3.8) is 0 Å². The predicted molar refractivity (Wildman–Crippen MR) is 58.9 cm³/mol. The van der Waals surface area contributed by atoms with Crippen LogP contribution in [0.15, 0.2) is 29.2 Å². The van der Waals surface area contributed by atoms with E-state index < -0.39 is 15.9 Å². The Bertz CT molecular complexity index is 503. The summed E-state index contributed by atoms with van der Waals surface area (Å²) in [6.45, 7) is 0. The molecular weight excluding hydrogens is 228 g/mol. The van der Waals surface area contributed by atoms with Crippen LogP contribution in [0.1, 0.15) is 12.8 Å². The molecule has 0 heterocycles. The molecule has 3 N–H and O–H groups in total. The topological polar surface area (TPSA) is 89.3 Å². The van der Waals surface area contributed by atoms with E-state index in [1.165, 1.54) is 24.3 Å². The zero-order valence-electron chi connectivity index (χ0n) is 8.51. The molecule has 0 bridgehead atoms. The maximum Gasteiger partial charge on any atom is 0.264 e. The summed E-state index contributed by atoms with van der Waals surface area (Å²) in [4.78, 5) is 11.4. The van der Waals surface area contributed by atoms with Crippen LogP contribution in [0.2, 0.25) is 0 Å². The highest BCUT2D eigenvalue weighted by atomic mass is 32.2. The molecule has 1 aromatic carbocycles. The lowest BCUT2D eigenvalue weighted by atomic mass is 10.3. The number of benzene rings is 1. The van der Waals surface area contributed by atoms with Crippen LogP contribution in [-0.4, -0.2) is 14.3 Å². The number of nitrogen functional groups attached to an aromatic ring is 1. The van der Waals surface area contributed by atoms with E-state index in [2.05, 4.69) is 0 Å². The van der Waals surface area contributed by atoms with E-state index in [9.17, 15) is 13.2 Å². The fourth-order valence-corrected chi connectivity index (χ4v) is 2.31. The first-order chi connectivity index (χ1) is 7.49. The van der Waals surface area contributed by atoms with Crippen molar-refractivity contribution < 1.29 is 13.2 Å². The van der Waals surface area contributed by atoms with Crippen LogP contribution < -0.4 is 10.5 Å². The van der Waals surface area contributed by atoms with Crippen LogP contribution in [0.3, 0.4) is 0 Å². The van der Waals surface area contributed by atoms with Crippen LogP contribution in [0.25, 0.3) is 0 Å². The van der Waals surface area contributed by atoms with Crippen molar-refractivity contribution in [2.75, 3.05) is 5.73 Å².